The van der Waals surface area contributed by atoms with Crippen LogP contribution in [0.25, 0.3) is 0 Å². The Morgan fingerprint density at radius 3 is 2.33 bits per heavy atom. The summed E-state index contributed by atoms with van der Waals surface area (Å²) in [5.74, 6) is 2.08. The molecule has 1 aliphatic carbocycles. The average molecular weight is 209 g/mol. The molecule has 2 N–H and O–H groups in total. The minimum absolute atomic E-state index is 0.384. The number of rotatable bonds is 3. The molecular formula is C14H27N. The zero-order valence-electron chi connectivity index (χ0n) is 11.0. The van der Waals surface area contributed by atoms with E-state index in [1.165, 1.54) is 12.8 Å². The largest absolute Gasteiger partial charge is 0.402 e. The van der Waals surface area contributed by atoms with Gasteiger partial charge < -0.3 is 5.73 Å². The molecule has 0 saturated carbocycles. The van der Waals surface area contributed by atoms with E-state index in [1.54, 1.807) is 0 Å². The van der Waals surface area contributed by atoms with Crippen molar-refractivity contribution in [2.75, 3.05) is 0 Å². The molecule has 0 aromatic heterocycles. The Bertz CT molecular complexity index is 238. The summed E-state index contributed by atoms with van der Waals surface area (Å²) in [6.07, 6.45) is 5.87. The summed E-state index contributed by atoms with van der Waals surface area (Å²) in [5, 5.41) is 0. The Balaban J connectivity index is 2.99. The summed E-state index contributed by atoms with van der Waals surface area (Å²) < 4.78 is 0. The zero-order valence-corrected chi connectivity index (χ0v) is 11.0. The third kappa shape index (κ3) is 2.21. The molecule has 0 heterocycles. The summed E-state index contributed by atoms with van der Waals surface area (Å²) in [6.45, 7) is 11.7. The molecule has 88 valence electrons. The van der Waals surface area contributed by atoms with Gasteiger partial charge in [0, 0.05) is 11.6 Å². The van der Waals surface area contributed by atoms with Gasteiger partial charge in [-0.2, -0.15) is 0 Å². The lowest BCUT2D eigenvalue weighted by Crippen LogP contribution is -2.39. The monoisotopic (exact) mass is 209 g/mol. The normalized spacial score (nSPS) is 32.6. The molecule has 1 nitrogen and oxygen atoms in total. The first-order valence-corrected chi connectivity index (χ1v) is 6.41. The molecule has 0 aromatic carbocycles. The molecule has 0 spiro atoms. The van der Waals surface area contributed by atoms with Gasteiger partial charge in [0.1, 0.15) is 0 Å². The van der Waals surface area contributed by atoms with Crippen molar-refractivity contribution < 1.29 is 0 Å². The van der Waals surface area contributed by atoms with Gasteiger partial charge in [0.2, 0.25) is 0 Å². The summed E-state index contributed by atoms with van der Waals surface area (Å²) >= 11 is 0. The van der Waals surface area contributed by atoms with Crippen molar-refractivity contribution in [1.82, 2.24) is 0 Å². The Kier molecular flexibility index (Phi) is 3.86. The maximum atomic E-state index is 6.23. The van der Waals surface area contributed by atoms with E-state index in [4.69, 9.17) is 5.73 Å². The first-order valence-electron chi connectivity index (χ1n) is 6.41. The zero-order chi connectivity index (χ0) is 11.6. The fourth-order valence-corrected chi connectivity index (χ4v) is 3.02. The number of nitrogens with two attached hydrogens (primary N) is 1. The van der Waals surface area contributed by atoms with Crippen LogP contribution < -0.4 is 5.73 Å². The molecule has 3 atom stereocenters. The van der Waals surface area contributed by atoms with Gasteiger partial charge in [-0.3, -0.25) is 0 Å². The first-order chi connectivity index (χ1) is 6.96. The van der Waals surface area contributed by atoms with Crippen molar-refractivity contribution >= 4 is 0 Å². The average Bonchev–Trinajstić information content (AvgIpc) is 2.23. The molecule has 0 radical (unpaired) electrons. The second-order valence-electron chi connectivity index (χ2n) is 5.62. The molecule has 1 rings (SSSR count). The predicted octanol–water partition coefficient (Wildman–Crippen LogP) is 3.95. The van der Waals surface area contributed by atoms with E-state index < -0.39 is 0 Å². The lowest BCUT2D eigenvalue weighted by molar-refractivity contribution is 0.105. The van der Waals surface area contributed by atoms with Crippen molar-refractivity contribution in [2.24, 2.45) is 28.9 Å². The standard InChI is InChI=1S/C14H27N/c1-6-14(5,7-2)13-11(4)10(3)8-9-12(13)15/h9-11,13H,6-8,15H2,1-5H3/t10?,11-,13+/m1/s1. The molecule has 0 aromatic rings. The van der Waals surface area contributed by atoms with E-state index in [0.29, 0.717) is 11.3 Å². The SMILES string of the molecule is CCC(C)(CC)[C@@H]1C(N)=CCC(C)[C@H]1C. The molecule has 15 heavy (non-hydrogen) atoms. The van der Waals surface area contributed by atoms with Crippen LogP contribution in [0, 0.1) is 23.2 Å². The van der Waals surface area contributed by atoms with Crippen LogP contribution >= 0.6 is 0 Å². The van der Waals surface area contributed by atoms with E-state index in [9.17, 15) is 0 Å². The molecular weight excluding hydrogens is 182 g/mol. The minimum Gasteiger partial charge on any atom is -0.402 e. The van der Waals surface area contributed by atoms with Gasteiger partial charge in [0.05, 0.1) is 0 Å². The van der Waals surface area contributed by atoms with Crippen molar-refractivity contribution in [2.45, 2.75) is 53.9 Å². The lowest BCUT2D eigenvalue weighted by atomic mass is 9.61. The molecule has 1 aliphatic rings. The minimum atomic E-state index is 0.384. The van der Waals surface area contributed by atoms with Crippen LogP contribution in [0.1, 0.15) is 53.9 Å². The maximum absolute atomic E-state index is 6.23. The molecule has 0 fully saturated rings. The lowest BCUT2D eigenvalue weighted by Gasteiger charge is -2.44. The Labute approximate surface area is 95.1 Å². The molecule has 0 amide bonds. The second kappa shape index (κ2) is 4.59. The first kappa shape index (κ1) is 12.6. The van der Waals surface area contributed by atoms with Crippen LogP contribution in [0.3, 0.4) is 0 Å². The van der Waals surface area contributed by atoms with Gasteiger partial charge in [-0.05, 0) is 23.7 Å². The van der Waals surface area contributed by atoms with Crippen LogP contribution in [0.4, 0.5) is 0 Å². The van der Waals surface area contributed by atoms with Gasteiger partial charge in [-0.15, -0.1) is 0 Å². The van der Waals surface area contributed by atoms with Crippen molar-refractivity contribution in [3.63, 3.8) is 0 Å². The number of allylic oxidation sites excluding steroid dienone is 2. The van der Waals surface area contributed by atoms with Crippen molar-refractivity contribution in [3.05, 3.63) is 11.8 Å². The summed E-state index contributed by atoms with van der Waals surface area (Å²) in [6, 6.07) is 0. The Morgan fingerprint density at radius 2 is 1.87 bits per heavy atom. The Hall–Kier alpha value is -0.460. The third-order valence-corrected chi connectivity index (χ3v) is 4.87. The number of hydrogen-bond donors (Lipinski definition) is 1. The van der Waals surface area contributed by atoms with Crippen molar-refractivity contribution in [1.29, 1.82) is 0 Å². The van der Waals surface area contributed by atoms with Gasteiger partial charge >= 0.3 is 0 Å². The smallest absolute Gasteiger partial charge is 0.00798 e. The molecule has 1 unspecified atom stereocenters. The van der Waals surface area contributed by atoms with E-state index in [2.05, 4.69) is 40.7 Å². The second-order valence-corrected chi connectivity index (χ2v) is 5.62. The van der Waals surface area contributed by atoms with Crippen LogP contribution in [0.2, 0.25) is 0 Å². The fourth-order valence-electron chi connectivity index (χ4n) is 3.02. The highest BCUT2D eigenvalue weighted by Gasteiger charge is 2.39. The van der Waals surface area contributed by atoms with E-state index in [0.717, 1.165) is 24.0 Å². The van der Waals surface area contributed by atoms with E-state index in [-0.39, 0.29) is 0 Å². The van der Waals surface area contributed by atoms with Crippen LogP contribution in [0.15, 0.2) is 11.8 Å². The van der Waals surface area contributed by atoms with Crippen LogP contribution in [-0.2, 0) is 0 Å². The van der Waals surface area contributed by atoms with E-state index >= 15 is 0 Å². The number of hydrogen-bond acceptors (Lipinski definition) is 1. The van der Waals surface area contributed by atoms with Crippen LogP contribution in [0.5, 0.6) is 0 Å². The van der Waals surface area contributed by atoms with Gasteiger partial charge in [0.15, 0.2) is 0 Å². The highest BCUT2D eigenvalue weighted by Crippen LogP contribution is 2.47. The highest BCUT2D eigenvalue weighted by molar-refractivity contribution is 5.13. The van der Waals surface area contributed by atoms with Crippen LogP contribution in [-0.4, -0.2) is 0 Å². The third-order valence-electron chi connectivity index (χ3n) is 4.87. The summed E-state index contributed by atoms with van der Waals surface area (Å²) in [4.78, 5) is 0. The van der Waals surface area contributed by atoms with E-state index in [1.807, 2.05) is 0 Å². The molecule has 0 saturated heterocycles. The van der Waals surface area contributed by atoms with Gasteiger partial charge in [-0.25, -0.2) is 0 Å². The molecule has 1 heteroatoms. The van der Waals surface area contributed by atoms with Crippen molar-refractivity contribution in [3.8, 4) is 0 Å². The predicted molar refractivity (Wildman–Crippen MR) is 67.4 cm³/mol. The molecule has 0 aliphatic heterocycles. The fraction of sp³-hybridized carbons (Fsp3) is 0.857. The summed E-state index contributed by atoms with van der Waals surface area (Å²) in [5.41, 5.74) is 7.76. The highest BCUT2D eigenvalue weighted by atomic mass is 14.6. The summed E-state index contributed by atoms with van der Waals surface area (Å²) in [7, 11) is 0. The van der Waals surface area contributed by atoms with Gasteiger partial charge in [-0.1, -0.05) is 53.5 Å². The Morgan fingerprint density at radius 1 is 1.33 bits per heavy atom. The topological polar surface area (TPSA) is 26.0 Å². The quantitative estimate of drug-likeness (QED) is 0.748. The van der Waals surface area contributed by atoms with Gasteiger partial charge in [0.25, 0.3) is 0 Å². The maximum Gasteiger partial charge on any atom is 0.00798 e. The molecule has 0 bridgehead atoms.